The second kappa shape index (κ2) is 4.49. The maximum absolute atomic E-state index is 5.72. The molecular weight excluding hydrogens is 222 g/mol. The quantitative estimate of drug-likeness (QED) is 0.888. The summed E-state index contributed by atoms with van der Waals surface area (Å²) in [6.07, 6.45) is 0.154. The first-order chi connectivity index (χ1) is 7.66. The topological polar surface area (TPSA) is 61.0 Å². The minimum atomic E-state index is 0.154. The van der Waals surface area contributed by atoms with Crippen LogP contribution in [0, 0.1) is 0 Å². The van der Waals surface area contributed by atoms with E-state index in [9.17, 15) is 0 Å². The smallest absolute Gasteiger partial charge is 0.165 e. The second-order valence-corrected chi connectivity index (χ2v) is 4.22. The molecule has 2 aromatic rings. The summed E-state index contributed by atoms with van der Waals surface area (Å²) >= 11 is 1.11. The first-order valence-electron chi connectivity index (χ1n) is 5.02. The molecule has 0 atom stereocenters. The molecule has 2 N–H and O–H groups in total. The molecule has 1 aromatic carbocycles. The molecule has 0 amide bonds. The summed E-state index contributed by atoms with van der Waals surface area (Å²) in [5.41, 5.74) is 7.38. The summed E-state index contributed by atoms with van der Waals surface area (Å²) in [6.45, 7) is 3.98. The summed E-state index contributed by atoms with van der Waals surface area (Å²) in [7, 11) is 0. The fourth-order valence-electron chi connectivity index (χ4n) is 1.38. The number of nitrogen functional groups attached to an aromatic ring is 1. The average molecular weight is 235 g/mol. The van der Waals surface area contributed by atoms with Crippen LogP contribution in [0.2, 0.25) is 0 Å². The molecule has 1 heterocycles. The zero-order valence-electron chi connectivity index (χ0n) is 9.18. The van der Waals surface area contributed by atoms with Crippen molar-refractivity contribution in [2.75, 3.05) is 5.73 Å². The molecule has 0 aliphatic rings. The normalized spacial score (nSPS) is 10.7. The maximum Gasteiger partial charge on any atom is 0.165 e. The van der Waals surface area contributed by atoms with Crippen molar-refractivity contribution >= 4 is 17.5 Å². The van der Waals surface area contributed by atoms with Crippen LogP contribution < -0.4 is 10.5 Å². The van der Waals surface area contributed by atoms with Crippen LogP contribution in [0.1, 0.15) is 13.8 Å². The molecule has 0 spiro atoms. The predicted molar refractivity (Wildman–Crippen MR) is 65.5 cm³/mol. The Bertz CT molecular complexity index is 482. The van der Waals surface area contributed by atoms with Crippen LogP contribution in [0.15, 0.2) is 24.3 Å². The lowest BCUT2D eigenvalue weighted by molar-refractivity contribution is 0.242. The second-order valence-electron chi connectivity index (χ2n) is 3.69. The van der Waals surface area contributed by atoms with Gasteiger partial charge < -0.3 is 10.5 Å². The number of rotatable bonds is 3. The van der Waals surface area contributed by atoms with Crippen molar-refractivity contribution in [1.82, 2.24) is 8.75 Å². The molecule has 2 rings (SSSR count). The summed E-state index contributed by atoms with van der Waals surface area (Å²) in [4.78, 5) is 0. The van der Waals surface area contributed by atoms with Gasteiger partial charge in [-0.25, -0.2) is 0 Å². The number of aromatic nitrogens is 2. The zero-order valence-corrected chi connectivity index (χ0v) is 9.99. The molecule has 84 valence electrons. The highest BCUT2D eigenvalue weighted by atomic mass is 32.1. The largest absolute Gasteiger partial charge is 0.491 e. The molecule has 0 saturated heterocycles. The van der Waals surface area contributed by atoms with Crippen LogP contribution >= 0.6 is 11.7 Å². The maximum atomic E-state index is 5.72. The number of nitrogens with two attached hydrogens (primary N) is 1. The van der Waals surface area contributed by atoms with Crippen LogP contribution in [0.5, 0.6) is 5.75 Å². The molecule has 0 aliphatic carbocycles. The van der Waals surface area contributed by atoms with Gasteiger partial charge in [-0.2, -0.15) is 8.75 Å². The van der Waals surface area contributed by atoms with E-state index in [4.69, 9.17) is 10.5 Å². The van der Waals surface area contributed by atoms with Crippen LogP contribution in [0.3, 0.4) is 0 Å². The monoisotopic (exact) mass is 235 g/mol. The average Bonchev–Trinajstić information content (AvgIpc) is 2.64. The molecule has 16 heavy (non-hydrogen) atoms. The van der Waals surface area contributed by atoms with Crippen molar-refractivity contribution in [2.45, 2.75) is 20.0 Å². The third kappa shape index (κ3) is 2.30. The molecule has 5 heteroatoms. The number of nitrogens with zero attached hydrogens (tertiary/aromatic N) is 2. The minimum Gasteiger partial charge on any atom is -0.491 e. The van der Waals surface area contributed by atoms with Gasteiger partial charge in [0.1, 0.15) is 11.4 Å². The Labute approximate surface area is 98.4 Å². The number of benzene rings is 1. The van der Waals surface area contributed by atoms with Crippen LogP contribution in [0.25, 0.3) is 11.3 Å². The highest BCUT2D eigenvalue weighted by Crippen LogP contribution is 2.27. The molecule has 4 nitrogen and oxygen atoms in total. The van der Waals surface area contributed by atoms with E-state index in [1.807, 2.05) is 38.1 Å². The fraction of sp³-hybridized carbons (Fsp3) is 0.273. The number of ether oxygens (including phenoxy) is 1. The predicted octanol–water partition coefficient (Wildman–Crippen LogP) is 2.57. The van der Waals surface area contributed by atoms with E-state index in [-0.39, 0.29) is 6.10 Å². The van der Waals surface area contributed by atoms with Crippen molar-refractivity contribution in [2.24, 2.45) is 0 Å². The van der Waals surface area contributed by atoms with Crippen LogP contribution in [-0.4, -0.2) is 14.9 Å². The molecule has 1 aromatic heterocycles. The van der Waals surface area contributed by atoms with Gasteiger partial charge in [0.05, 0.1) is 17.8 Å². The number of anilines is 1. The van der Waals surface area contributed by atoms with Gasteiger partial charge in [0.25, 0.3) is 0 Å². The standard InChI is InChI=1S/C11H13N3OS/c1-7(2)15-9-5-3-4-8(6-9)10-11(12)14-16-13-10/h3-7H,1-2H3,(H2,12,14). The first-order valence-corrected chi connectivity index (χ1v) is 5.75. The highest BCUT2D eigenvalue weighted by molar-refractivity contribution is 6.99. The molecule has 0 bridgehead atoms. The summed E-state index contributed by atoms with van der Waals surface area (Å²) in [5.74, 6) is 1.28. The third-order valence-corrected chi connectivity index (χ3v) is 2.54. The summed E-state index contributed by atoms with van der Waals surface area (Å²) in [5, 5.41) is 0. The van der Waals surface area contributed by atoms with Crippen molar-refractivity contribution in [1.29, 1.82) is 0 Å². The Morgan fingerprint density at radius 1 is 1.31 bits per heavy atom. The summed E-state index contributed by atoms with van der Waals surface area (Å²) < 4.78 is 13.7. The van der Waals surface area contributed by atoms with E-state index in [1.54, 1.807) is 0 Å². The number of hydrogen-bond donors (Lipinski definition) is 1. The van der Waals surface area contributed by atoms with Gasteiger partial charge in [-0.15, -0.1) is 0 Å². The Kier molecular flexibility index (Phi) is 3.05. The van der Waals surface area contributed by atoms with Crippen molar-refractivity contribution < 1.29 is 4.74 Å². The van der Waals surface area contributed by atoms with Gasteiger partial charge in [-0.05, 0) is 26.0 Å². The summed E-state index contributed by atoms with van der Waals surface area (Å²) in [6, 6.07) is 7.71. The van der Waals surface area contributed by atoms with Crippen molar-refractivity contribution in [3.05, 3.63) is 24.3 Å². The Balaban J connectivity index is 2.33. The lowest BCUT2D eigenvalue weighted by atomic mass is 10.1. The molecular formula is C11H13N3OS. The van der Waals surface area contributed by atoms with Crippen LogP contribution in [-0.2, 0) is 0 Å². The van der Waals surface area contributed by atoms with E-state index in [1.165, 1.54) is 0 Å². The van der Waals surface area contributed by atoms with E-state index in [0.29, 0.717) is 5.82 Å². The Hall–Kier alpha value is -1.62. The molecule has 0 fully saturated rings. The Morgan fingerprint density at radius 2 is 2.12 bits per heavy atom. The lowest BCUT2D eigenvalue weighted by Crippen LogP contribution is -2.05. The van der Waals surface area contributed by atoms with Gasteiger partial charge in [0, 0.05) is 5.56 Å². The SMILES string of the molecule is CC(C)Oc1cccc(-c2nsnc2N)c1. The number of hydrogen-bond acceptors (Lipinski definition) is 5. The Morgan fingerprint density at radius 3 is 2.75 bits per heavy atom. The van der Waals surface area contributed by atoms with Gasteiger partial charge in [0.15, 0.2) is 5.82 Å². The van der Waals surface area contributed by atoms with Gasteiger partial charge in [-0.1, -0.05) is 12.1 Å². The van der Waals surface area contributed by atoms with E-state index < -0.39 is 0 Å². The molecule has 0 saturated carbocycles. The lowest BCUT2D eigenvalue weighted by Gasteiger charge is -2.10. The molecule has 0 radical (unpaired) electrons. The zero-order chi connectivity index (χ0) is 11.5. The van der Waals surface area contributed by atoms with Gasteiger partial charge in [-0.3, -0.25) is 0 Å². The van der Waals surface area contributed by atoms with Crippen LogP contribution in [0.4, 0.5) is 5.82 Å². The molecule has 0 aliphatic heterocycles. The molecule has 0 unspecified atom stereocenters. The van der Waals surface area contributed by atoms with Gasteiger partial charge >= 0.3 is 0 Å². The van der Waals surface area contributed by atoms with Crippen molar-refractivity contribution in [3.8, 4) is 17.0 Å². The van der Waals surface area contributed by atoms with E-state index in [0.717, 1.165) is 28.7 Å². The van der Waals surface area contributed by atoms with E-state index in [2.05, 4.69) is 8.75 Å². The van der Waals surface area contributed by atoms with Gasteiger partial charge in [0.2, 0.25) is 0 Å². The third-order valence-electron chi connectivity index (χ3n) is 1.99. The van der Waals surface area contributed by atoms with Crippen molar-refractivity contribution in [3.63, 3.8) is 0 Å². The first kappa shape index (κ1) is 10.9. The fourth-order valence-corrected chi connectivity index (χ4v) is 1.88. The highest BCUT2D eigenvalue weighted by Gasteiger charge is 2.08. The minimum absolute atomic E-state index is 0.154. The van der Waals surface area contributed by atoms with E-state index >= 15 is 0 Å².